The predicted molar refractivity (Wildman–Crippen MR) is 268 cm³/mol. The zero-order valence-electron chi connectivity index (χ0n) is 35.0. The highest BCUT2D eigenvalue weighted by Crippen LogP contribution is 2.41. The summed E-state index contributed by atoms with van der Waals surface area (Å²) in [6.45, 7) is 0. The molecule has 3 aromatic heterocycles. The summed E-state index contributed by atoms with van der Waals surface area (Å²) in [4.78, 5) is 2.49. The minimum atomic E-state index is 0.0653. The van der Waals surface area contributed by atoms with Crippen LogP contribution in [0.15, 0.2) is 235 Å². The first-order valence-corrected chi connectivity index (χ1v) is 22.1. The molecule has 0 saturated carbocycles. The van der Waals surface area contributed by atoms with Gasteiger partial charge < -0.3 is 18.5 Å². The van der Waals surface area contributed by atoms with E-state index in [9.17, 15) is 0 Å². The van der Waals surface area contributed by atoms with E-state index in [2.05, 4.69) is 239 Å². The van der Waals surface area contributed by atoms with Crippen LogP contribution in [0.4, 0.5) is 11.4 Å². The minimum absolute atomic E-state index is 0.0653. The van der Waals surface area contributed by atoms with Crippen molar-refractivity contribution >= 4 is 82.5 Å². The molecule has 0 N–H and O–H groups in total. The molecule has 4 nitrogen and oxygen atoms in total. The van der Waals surface area contributed by atoms with Gasteiger partial charge in [0.15, 0.2) is 0 Å². The third kappa shape index (κ3) is 5.69. The molecule has 64 heavy (non-hydrogen) atoms. The number of hydrogen-bond acceptors (Lipinski definition) is 2. The van der Waals surface area contributed by atoms with Gasteiger partial charge in [-0.25, -0.2) is 0 Å². The Morgan fingerprint density at radius 2 is 0.875 bits per heavy atom. The minimum Gasteiger partial charge on any atom is -0.456 e. The van der Waals surface area contributed by atoms with Crippen LogP contribution in [0.3, 0.4) is 0 Å². The van der Waals surface area contributed by atoms with E-state index in [0.717, 1.165) is 45.4 Å². The molecule has 1 aliphatic rings. The molecule has 1 unspecified atom stereocenters. The predicted octanol–water partition coefficient (Wildman–Crippen LogP) is 16.0. The zero-order chi connectivity index (χ0) is 42.1. The van der Waals surface area contributed by atoms with Crippen LogP contribution < -0.4 is 4.90 Å². The average Bonchev–Trinajstić information content (AvgIpc) is 4.02. The molecule has 12 aromatic rings. The van der Waals surface area contributed by atoms with E-state index in [1.165, 1.54) is 71.6 Å². The van der Waals surface area contributed by atoms with Gasteiger partial charge in [0.05, 0.1) is 39.5 Å². The second-order valence-electron chi connectivity index (χ2n) is 16.8. The van der Waals surface area contributed by atoms with Gasteiger partial charge in [0.25, 0.3) is 0 Å². The first-order valence-electron chi connectivity index (χ1n) is 22.1. The Hall–Kier alpha value is -8.34. The summed E-state index contributed by atoms with van der Waals surface area (Å²) in [5, 5.41) is 7.29. The highest BCUT2D eigenvalue weighted by Gasteiger charge is 2.24. The molecule has 0 spiro atoms. The highest BCUT2D eigenvalue weighted by atomic mass is 16.3. The fourth-order valence-corrected chi connectivity index (χ4v) is 10.4. The number of furan rings is 1. The molecule has 302 valence electrons. The number of para-hydroxylation sites is 7. The van der Waals surface area contributed by atoms with Crippen molar-refractivity contribution in [1.82, 2.24) is 9.13 Å². The van der Waals surface area contributed by atoms with Crippen LogP contribution in [0.2, 0.25) is 0 Å². The van der Waals surface area contributed by atoms with Crippen LogP contribution in [0.1, 0.15) is 12.0 Å². The largest absolute Gasteiger partial charge is 0.456 e. The molecular formula is C60H41N3O. The molecule has 0 bridgehead atoms. The molecule has 0 fully saturated rings. The van der Waals surface area contributed by atoms with Crippen molar-refractivity contribution in [3.8, 4) is 22.5 Å². The maximum atomic E-state index is 6.31. The molecule has 1 atom stereocenters. The van der Waals surface area contributed by atoms with Crippen molar-refractivity contribution in [3.05, 3.63) is 236 Å². The molecule has 0 radical (unpaired) electrons. The van der Waals surface area contributed by atoms with Crippen LogP contribution in [-0.2, 0) is 0 Å². The molecule has 0 amide bonds. The maximum absolute atomic E-state index is 6.31. The quantitative estimate of drug-likeness (QED) is 0.160. The highest BCUT2D eigenvalue weighted by molar-refractivity contribution is 6.11. The van der Waals surface area contributed by atoms with Crippen LogP contribution in [0, 0.1) is 0 Å². The van der Waals surface area contributed by atoms with Crippen molar-refractivity contribution in [2.45, 2.75) is 12.5 Å². The molecular weight excluding hydrogens is 779 g/mol. The summed E-state index contributed by atoms with van der Waals surface area (Å²) < 4.78 is 11.2. The van der Waals surface area contributed by atoms with Crippen LogP contribution in [0.5, 0.6) is 0 Å². The van der Waals surface area contributed by atoms with Gasteiger partial charge in [0.2, 0.25) is 0 Å². The summed E-state index contributed by atoms with van der Waals surface area (Å²) in [6, 6.07) is 76.7. The lowest BCUT2D eigenvalue weighted by Crippen LogP contribution is -2.30. The first kappa shape index (κ1) is 36.3. The molecule has 0 saturated heterocycles. The van der Waals surface area contributed by atoms with Gasteiger partial charge in [-0.2, -0.15) is 0 Å². The first-order chi connectivity index (χ1) is 31.8. The SMILES string of the molecule is C1=CC(N(c2ccc(-c3ccccc3-n3c4ccccc4c4ccccc43)cc2)c2ccc3oc4ccccc4c3c2)CC=C1c1ccccc1-n1c2ccccc2c2ccccc21. The summed E-state index contributed by atoms with van der Waals surface area (Å²) in [7, 11) is 0. The molecule has 3 heterocycles. The Morgan fingerprint density at radius 3 is 1.45 bits per heavy atom. The number of aromatic nitrogens is 2. The summed E-state index contributed by atoms with van der Waals surface area (Å²) >= 11 is 0. The van der Waals surface area contributed by atoms with E-state index in [1.54, 1.807) is 0 Å². The molecule has 0 aliphatic heterocycles. The van der Waals surface area contributed by atoms with Crippen molar-refractivity contribution < 1.29 is 4.42 Å². The lowest BCUT2D eigenvalue weighted by Gasteiger charge is -2.33. The number of hydrogen-bond donors (Lipinski definition) is 0. The molecule has 1 aliphatic carbocycles. The Balaban J connectivity index is 0.907. The normalized spacial score (nSPS) is 14.1. The van der Waals surface area contributed by atoms with E-state index in [-0.39, 0.29) is 6.04 Å². The maximum Gasteiger partial charge on any atom is 0.135 e. The average molecular weight is 820 g/mol. The topological polar surface area (TPSA) is 26.2 Å². The number of nitrogens with zero attached hydrogens (tertiary/aromatic N) is 3. The van der Waals surface area contributed by atoms with E-state index >= 15 is 0 Å². The Kier molecular flexibility index (Phi) is 8.31. The van der Waals surface area contributed by atoms with Crippen LogP contribution >= 0.6 is 0 Å². The third-order valence-corrected chi connectivity index (χ3v) is 13.3. The Labute approximate surface area is 370 Å². The van der Waals surface area contributed by atoms with Crippen molar-refractivity contribution in [3.63, 3.8) is 0 Å². The lowest BCUT2D eigenvalue weighted by atomic mass is 9.94. The van der Waals surface area contributed by atoms with E-state index in [1.807, 2.05) is 6.07 Å². The van der Waals surface area contributed by atoms with Gasteiger partial charge in [-0.05, 0) is 90.4 Å². The third-order valence-electron chi connectivity index (χ3n) is 13.3. The second-order valence-corrected chi connectivity index (χ2v) is 16.8. The van der Waals surface area contributed by atoms with Gasteiger partial charge in [-0.1, -0.05) is 158 Å². The second kappa shape index (κ2) is 14.6. The van der Waals surface area contributed by atoms with Gasteiger partial charge in [0, 0.05) is 54.8 Å². The van der Waals surface area contributed by atoms with Crippen molar-refractivity contribution in [2.24, 2.45) is 0 Å². The summed E-state index contributed by atoms with van der Waals surface area (Å²) in [5.74, 6) is 0. The van der Waals surface area contributed by atoms with Crippen molar-refractivity contribution in [2.75, 3.05) is 4.90 Å². The van der Waals surface area contributed by atoms with E-state index in [0.29, 0.717) is 0 Å². The Bertz CT molecular complexity index is 3730. The number of anilines is 2. The summed E-state index contributed by atoms with van der Waals surface area (Å²) in [6.07, 6.45) is 7.97. The van der Waals surface area contributed by atoms with E-state index < -0.39 is 0 Å². The van der Waals surface area contributed by atoms with Gasteiger partial charge in [0.1, 0.15) is 11.2 Å². The fourth-order valence-electron chi connectivity index (χ4n) is 10.4. The number of fused-ring (bicyclic) bond motifs is 9. The van der Waals surface area contributed by atoms with Crippen molar-refractivity contribution in [1.29, 1.82) is 0 Å². The standard InChI is InChI=1S/C60H41N3O/c1-8-22-53(62-55-24-10-3-17-47(55)48-18-4-11-25-56(48)62)45(15-1)40-29-33-42(34-30-40)61(44-37-38-60-52(39-44)51-21-7-14-28-59(51)64-60)43-35-31-41(32-36-43)46-16-2-9-23-54(46)63-57-26-12-5-19-49(57)50-20-6-13-27-58(50)63/h1-35,37-39,43H,36H2. The molecule has 4 heteroatoms. The van der Waals surface area contributed by atoms with Crippen LogP contribution in [-0.4, -0.2) is 15.2 Å². The number of benzene rings is 9. The Morgan fingerprint density at radius 1 is 0.406 bits per heavy atom. The fraction of sp³-hybridized carbons (Fsp3) is 0.0333. The smallest absolute Gasteiger partial charge is 0.135 e. The van der Waals surface area contributed by atoms with Gasteiger partial charge >= 0.3 is 0 Å². The van der Waals surface area contributed by atoms with Gasteiger partial charge in [-0.15, -0.1) is 0 Å². The van der Waals surface area contributed by atoms with Gasteiger partial charge in [-0.3, -0.25) is 0 Å². The van der Waals surface area contributed by atoms with Crippen LogP contribution in [0.25, 0.3) is 93.6 Å². The lowest BCUT2D eigenvalue weighted by molar-refractivity contribution is 0.669. The molecule has 13 rings (SSSR count). The van der Waals surface area contributed by atoms with E-state index in [4.69, 9.17) is 4.42 Å². The molecule has 9 aromatic carbocycles. The number of allylic oxidation sites excluding steroid dienone is 2. The number of rotatable bonds is 7. The monoisotopic (exact) mass is 819 g/mol. The summed E-state index contributed by atoms with van der Waals surface area (Å²) in [5.41, 5.74) is 16.0. The zero-order valence-corrected chi connectivity index (χ0v) is 35.0.